The lowest BCUT2D eigenvalue weighted by Crippen LogP contribution is -2.60. The van der Waals surface area contributed by atoms with Crippen molar-refractivity contribution in [3.05, 3.63) is 0 Å². The van der Waals surface area contributed by atoms with E-state index in [1.54, 1.807) is 0 Å². The van der Waals surface area contributed by atoms with Gasteiger partial charge < -0.3 is 14.2 Å². The van der Waals surface area contributed by atoms with Crippen molar-refractivity contribution in [1.29, 1.82) is 0 Å². The number of hydrogen-bond acceptors (Lipinski definition) is 3. The van der Waals surface area contributed by atoms with Gasteiger partial charge in [-0.25, -0.2) is 0 Å². The molecular formula is C24H38O3. The molecule has 8 atom stereocenters. The van der Waals surface area contributed by atoms with Crippen molar-refractivity contribution in [1.82, 2.24) is 0 Å². The maximum atomic E-state index is 6.61. The lowest BCUT2D eigenvalue weighted by Gasteiger charge is -2.61. The van der Waals surface area contributed by atoms with Gasteiger partial charge in [-0.3, -0.25) is 0 Å². The van der Waals surface area contributed by atoms with Gasteiger partial charge in [0.25, 0.3) is 0 Å². The van der Waals surface area contributed by atoms with E-state index < -0.39 is 0 Å². The standard InChI is InChI=1S/C24H38O3/c1-21(2)13-25-24(26-14-21)10-8-18-16-6-5-15-11-19-20(27-19)12-22(15,3)17(16)7-9-23(18,24)4/h15-20H,5-14H2,1-4H3. The summed E-state index contributed by atoms with van der Waals surface area (Å²) < 4.78 is 19.2. The summed E-state index contributed by atoms with van der Waals surface area (Å²) in [5.41, 5.74) is 0.889. The minimum absolute atomic E-state index is 0.158. The zero-order chi connectivity index (χ0) is 18.7. The zero-order valence-electron chi connectivity index (χ0n) is 17.8. The molecule has 27 heavy (non-hydrogen) atoms. The lowest BCUT2D eigenvalue weighted by atomic mass is 9.45. The fourth-order valence-corrected chi connectivity index (χ4v) is 8.66. The second-order valence-corrected chi connectivity index (χ2v) is 12.3. The Morgan fingerprint density at radius 2 is 1.52 bits per heavy atom. The van der Waals surface area contributed by atoms with Crippen LogP contribution in [0.2, 0.25) is 0 Å². The van der Waals surface area contributed by atoms with E-state index >= 15 is 0 Å². The molecule has 0 bridgehead atoms. The Morgan fingerprint density at radius 1 is 0.778 bits per heavy atom. The van der Waals surface area contributed by atoms with E-state index in [4.69, 9.17) is 14.2 Å². The molecule has 0 aromatic rings. The van der Waals surface area contributed by atoms with E-state index in [1.807, 2.05) is 0 Å². The highest BCUT2D eigenvalue weighted by Crippen LogP contribution is 2.70. The molecule has 3 nitrogen and oxygen atoms in total. The summed E-state index contributed by atoms with van der Waals surface area (Å²) in [6.45, 7) is 11.4. The van der Waals surface area contributed by atoms with Crippen LogP contribution in [0.3, 0.4) is 0 Å². The van der Waals surface area contributed by atoms with Gasteiger partial charge in [0.05, 0.1) is 25.4 Å². The van der Waals surface area contributed by atoms with Crippen molar-refractivity contribution in [3.63, 3.8) is 0 Å². The number of fused-ring (bicyclic) bond motifs is 7. The van der Waals surface area contributed by atoms with Gasteiger partial charge in [-0.05, 0) is 74.0 Å². The van der Waals surface area contributed by atoms with E-state index in [9.17, 15) is 0 Å². The van der Waals surface area contributed by atoms with Crippen LogP contribution in [0.1, 0.15) is 79.1 Å². The average molecular weight is 375 g/mol. The fourth-order valence-electron chi connectivity index (χ4n) is 8.66. The molecule has 6 aliphatic rings. The summed E-state index contributed by atoms with van der Waals surface area (Å²) in [4.78, 5) is 0. The predicted molar refractivity (Wildman–Crippen MR) is 104 cm³/mol. The first-order valence-corrected chi connectivity index (χ1v) is 11.7. The Bertz CT molecular complexity index is 634. The summed E-state index contributed by atoms with van der Waals surface area (Å²) in [5, 5.41) is 0. The molecule has 3 heteroatoms. The summed E-state index contributed by atoms with van der Waals surface area (Å²) in [6.07, 6.45) is 11.8. The molecule has 0 amide bonds. The second-order valence-electron chi connectivity index (χ2n) is 12.3. The van der Waals surface area contributed by atoms with Gasteiger partial charge in [0.1, 0.15) is 0 Å². The first-order valence-electron chi connectivity index (χ1n) is 11.7. The maximum Gasteiger partial charge on any atom is 0.173 e. The zero-order valence-corrected chi connectivity index (χ0v) is 17.8. The molecule has 0 aromatic heterocycles. The van der Waals surface area contributed by atoms with Crippen LogP contribution >= 0.6 is 0 Å². The second kappa shape index (κ2) is 5.32. The molecular weight excluding hydrogens is 336 g/mol. The minimum Gasteiger partial charge on any atom is -0.370 e. The molecule has 0 aromatic carbocycles. The monoisotopic (exact) mass is 374 g/mol. The van der Waals surface area contributed by atoms with E-state index in [1.165, 1.54) is 44.9 Å². The molecule has 152 valence electrons. The van der Waals surface area contributed by atoms with Crippen LogP contribution in [-0.2, 0) is 14.2 Å². The Kier molecular flexibility index (Phi) is 3.49. The number of epoxide rings is 1. The van der Waals surface area contributed by atoms with Gasteiger partial charge in [0.2, 0.25) is 0 Å². The number of hydrogen-bond donors (Lipinski definition) is 0. The molecule has 1 spiro atoms. The summed E-state index contributed by atoms with van der Waals surface area (Å²) >= 11 is 0. The van der Waals surface area contributed by atoms with Crippen LogP contribution in [0.25, 0.3) is 0 Å². The normalized spacial score (nSPS) is 57.3. The Morgan fingerprint density at radius 3 is 2.30 bits per heavy atom. The van der Waals surface area contributed by atoms with E-state index in [0.717, 1.165) is 43.3 Å². The van der Waals surface area contributed by atoms with Gasteiger partial charge in [0.15, 0.2) is 5.79 Å². The molecule has 2 aliphatic heterocycles. The SMILES string of the molecule is CC1(C)COC2(CCC3C4CCC5CC6OC6CC5(C)C4CCC32C)OC1. The molecule has 8 unspecified atom stereocenters. The highest BCUT2D eigenvalue weighted by molar-refractivity contribution is 5.14. The largest absolute Gasteiger partial charge is 0.370 e. The molecule has 4 aliphatic carbocycles. The van der Waals surface area contributed by atoms with Crippen molar-refractivity contribution in [2.45, 2.75) is 97.1 Å². The molecule has 6 rings (SSSR count). The summed E-state index contributed by atoms with van der Waals surface area (Å²) in [5.74, 6) is 3.17. The Balaban J connectivity index is 1.29. The molecule has 0 radical (unpaired) electrons. The van der Waals surface area contributed by atoms with Crippen LogP contribution in [-0.4, -0.2) is 31.2 Å². The van der Waals surface area contributed by atoms with E-state index in [2.05, 4.69) is 27.7 Å². The number of ether oxygens (including phenoxy) is 3. The van der Waals surface area contributed by atoms with E-state index in [-0.39, 0.29) is 16.6 Å². The minimum atomic E-state index is -0.298. The highest BCUT2D eigenvalue weighted by atomic mass is 16.7. The molecule has 0 N–H and O–H groups in total. The third-order valence-electron chi connectivity index (χ3n) is 10.3. The van der Waals surface area contributed by atoms with Crippen molar-refractivity contribution in [3.8, 4) is 0 Å². The van der Waals surface area contributed by atoms with Crippen LogP contribution in [0.4, 0.5) is 0 Å². The smallest absolute Gasteiger partial charge is 0.173 e. The maximum absolute atomic E-state index is 6.61. The molecule has 4 saturated carbocycles. The van der Waals surface area contributed by atoms with Gasteiger partial charge in [-0.15, -0.1) is 0 Å². The van der Waals surface area contributed by atoms with Gasteiger partial charge in [-0.2, -0.15) is 0 Å². The molecule has 2 heterocycles. The van der Waals surface area contributed by atoms with Crippen LogP contribution < -0.4 is 0 Å². The van der Waals surface area contributed by atoms with Gasteiger partial charge in [-0.1, -0.05) is 27.7 Å². The van der Waals surface area contributed by atoms with E-state index in [0.29, 0.717) is 17.6 Å². The van der Waals surface area contributed by atoms with Crippen molar-refractivity contribution in [2.75, 3.05) is 13.2 Å². The Hall–Kier alpha value is -0.120. The van der Waals surface area contributed by atoms with Crippen molar-refractivity contribution < 1.29 is 14.2 Å². The molecule has 6 fully saturated rings. The summed E-state index contributed by atoms with van der Waals surface area (Å²) in [6, 6.07) is 0. The third kappa shape index (κ3) is 2.26. The lowest BCUT2D eigenvalue weighted by molar-refractivity contribution is -0.348. The first-order chi connectivity index (χ1) is 12.8. The average Bonchev–Trinajstić information content (AvgIpc) is 3.30. The van der Waals surface area contributed by atoms with Crippen LogP contribution in [0.5, 0.6) is 0 Å². The van der Waals surface area contributed by atoms with Crippen molar-refractivity contribution in [2.24, 2.45) is 39.9 Å². The van der Waals surface area contributed by atoms with Crippen LogP contribution in [0.15, 0.2) is 0 Å². The Labute approximate surface area is 164 Å². The van der Waals surface area contributed by atoms with Gasteiger partial charge in [0, 0.05) is 17.3 Å². The third-order valence-corrected chi connectivity index (χ3v) is 10.3. The topological polar surface area (TPSA) is 31.0 Å². The number of rotatable bonds is 0. The van der Waals surface area contributed by atoms with Crippen molar-refractivity contribution >= 4 is 0 Å². The summed E-state index contributed by atoms with van der Waals surface area (Å²) in [7, 11) is 0. The molecule has 2 saturated heterocycles. The first kappa shape index (κ1) is 17.7. The highest BCUT2D eigenvalue weighted by Gasteiger charge is 2.68. The predicted octanol–water partition coefficient (Wildman–Crippen LogP) is 5.18. The van der Waals surface area contributed by atoms with Gasteiger partial charge >= 0.3 is 0 Å². The fraction of sp³-hybridized carbons (Fsp3) is 1.00. The van der Waals surface area contributed by atoms with Crippen LogP contribution in [0, 0.1) is 39.9 Å². The quantitative estimate of drug-likeness (QED) is 0.548.